The van der Waals surface area contributed by atoms with Crippen molar-refractivity contribution in [1.82, 2.24) is 4.90 Å². The second kappa shape index (κ2) is 5.26. The van der Waals surface area contributed by atoms with Crippen LogP contribution in [0.4, 0.5) is 0 Å². The SMILES string of the molecule is NC(CN1CCOC(CO)C1)C(=O)O. The largest absolute Gasteiger partial charge is 0.480 e. The first kappa shape index (κ1) is 11.4. The van der Waals surface area contributed by atoms with Crippen molar-refractivity contribution in [2.24, 2.45) is 5.73 Å². The van der Waals surface area contributed by atoms with E-state index in [-0.39, 0.29) is 12.7 Å². The average Bonchev–Trinajstić information content (AvgIpc) is 2.18. The molecule has 0 saturated carbocycles. The van der Waals surface area contributed by atoms with E-state index in [9.17, 15) is 4.79 Å². The molecule has 0 amide bonds. The number of carboxylic acids is 1. The summed E-state index contributed by atoms with van der Waals surface area (Å²) in [6.07, 6.45) is -0.218. The first-order valence-electron chi connectivity index (χ1n) is 4.56. The van der Waals surface area contributed by atoms with Crippen LogP contribution in [0.1, 0.15) is 0 Å². The fourth-order valence-electron chi connectivity index (χ4n) is 1.41. The van der Waals surface area contributed by atoms with Crippen molar-refractivity contribution in [1.29, 1.82) is 0 Å². The minimum atomic E-state index is -1.00. The van der Waals surface area contributed by atoms with Gasteiger partial charge < -0.3 is 20.7 Å². The summed E-state index contributed by atoms with van der Waals surface area (Å²) in [6.45, 7) is 1.97. The topological polar surface area (TPSA) is 96.0 Å². The molecule has 1 heterocycles. The molecule has 1 fully saturated rings. The molecule has 0 aromatic rings. The van der Waals surface area contributed by atoms with Crippen LogP contribution in [0, 0.1) is 0 Å². The number of aliphatic hydroxyl groups excluding tert-OH is 1. The normalized spacial score (nSPS) is 26.0. The van der Waals surface area contributed by atoms with Gasteiger partial charge in [-0.25, -0.2) is 0 Å². The Labute approximate surface area is 82.3 Å². The van der Waals surface area contributed by atoms with Crippen molar-refractivity contribution in [3.05, 3.63) is 0 Å². The number of ether oxygens (including phenoxy) is 1. The van der Waals surface area contributed by atoms with Gasteiger partial charge in [-0.1, -0.05) is 0 Å². The van der Waals surface area contributed by atoms with E-state index in [0.29, 0.717) is 26.2 Å². The summed E-state index contributed by atoms with van der Waals surface area (Å²) in [4.78, 5) is 12.4. The van der Waals surface area contributed by atoms with Crippen molar-refractivity contribution in [2.45, 2.75) is 12.1 Å². The van der Waals surface area contributed by atoms with Crippen molar-refractivity contribution in [3.8, 4) is 0 Å². The van der Waals surface area contributed by atoms with Crippen LogP contribution in [0.5, 0.6) is 0 Å². The molecule has 0 bridgehead atoms. The molecule has 1 aliphatic heterocycles. The van der Waals surface area contributed by atoms with E-state index in [1.807, 2.05) is 4.90 Å². The highest BCUT2D eigenvalue weighted by Crippen LogP contribution is 2.04. The van der Waals surface area contributed by atoms with E-state index in [4.69, 9.17) is 20.7 Å². The maximum atomic E-state index is 10.5. The molecule has 0 spiro atoms. The Bertz CT molecular complexity index is 200. The van der Waals surface area contributed by atoms with Gasteiger partial charge in [0, 0.05) is 19.6 Å². The number of carbonyl (C=O) groups is 1. The number of hydrogen-bond acceptors (Lipinski definition) is 5. The summed E-state index contributed by atoms with van der Waals surface area (Å²) in [5, 5.41) is 17.5. The summed E-state index contributed by atoms with van der Waals surface area (Å²) in [6, 6.07) is -0.868. The first-order chi connectivity index (χ1) is 6.63. The third-order valence-corrected chi connectivity index (χ3v) is 2.20. The van der Waals surface area contributed by atoms with E-state index < -0.39 is 12.0 Å². The summed E-state index contributed by atoms with van der Waals surface area (Å²) in [5.74, 6) is -1.00. The molecule has 6 nitrogen and oxygen atoms in total. The molecule has 0 aromatic heterocycles. The number of carboxylic acid groups (broad SMARTS) is 1. The third-order valence-electron chi connectivity index (χ3n) is 2.20. The average molecular weight is 204 g/mol. The smallest absolute Gasteiger partial charge is 0.321 e. The maximum Gasteiger partial charge on any atom is 0.321 e. The maximum absolute atomic E-state index is 10.5. The van der Waals surface area contributed by atoms with Gasteiger partial charge in [0.05, 0.1) is 19.3 Å². The zero-order valence-electron chi connectivity index (χ0n) is 7.93. The summed E-state index contributed by atoms with van der Waals surface area (Å²) < 4.78 is 5.22. The van der Waals surface area contributed by atoms with Gasteiger partial charge in [0.15, 0.2) is 0 Å². The second-order valence-corrected chi connectivity index (χ2v) is 3.38. The van der Waals surface area contributed by atoms with E-state index in [1.54, 1.807) is 0 Å². The van der Waals surface area contributed by atoms with Gasteiger partial charge in [-0.05, 0) is 0 Å². The van der Waals surface area contributed by atoms with Gasteiger partial charge in [-0.15, -0.1) is 0 Å². The fraction of sp³-hybridized carbons (Fsp3) is 0.875. The first-order valence-corrected chi connectivity index (χ1v) is 4.56. The second-order valence-electron chi connectivity index (χ2n) is 3.38. The fourth-order valence-corrected chi connectivity index (χ4v) is 1.41. The molecule has 1 aliphatic rings. The Morgan fingerprint density at radius 2 is 2.43 bits per heavy atom. The van der Waals surface area contributed by atoms with Gasteiger partial charge >= 0.3 is 5.97 Å². The van der Waals surface area contributed by atoms with Crippen molar-refractivity contribution < 1.29 is 19.7 Å². The molecule has 2 unspecified atom stereocenters. The van der Waals surface area contributed by atoms with Crippen LogP contribution in [0.3, 0.4) is 0 Å². The van der Waals surface area contributed by atoms with Crippen LogP contribution in [0.2, 0.25) is 0 Å². The van der Waals surface area contributed by atoms with Crippen molar-refractivity contribution in [3.63, 3.8) is 0 Å². The molecule has 0 radical (unpaired) electrons. The highest BCUT2D eigenvalue weighted by atomic mass is 16.5. The zero-order chi connectivity index (χ0) is 10.6. The standard InChI is InChI=1S/C8H16N2O4/c9-7(8(12)13)4-10-1-2-14-6(3-10)5-11/h6-7,11H,1-5,9H2,(H,12,13). The van der Waals surface area contributed by atoms with Gasteiger partial charge in [0.1, 0.15) is 6.04 Å². The Kier molecular flexibility index (Phi) is 4.27. The Morgan fingerprint density at radius 3 is 3.00 bits per heavy atom. The number of aliphatic hydroxyl groups is 1. The van der Waals surface area contributed by atoms with Crippen molar-refractivity contribution >= 4 is 5.97 Å². The van der Waals surface area contributed by atoms with E-state index in [0.717, 1.165) is 0 Å². The molecule has 6 heteroatoms. The lowest BCUT2D eigenvalue weighted by Crippen LogP contribution is -2.50. The Morgan fingerprint density at radius 1 is 1.71 bits per heavy atom. The van der Waals surface area contributed by atoms with E-state index in [2.05, 4.69) is 0 Å². The van der Waals surface area contributed by atoms with Gasteiger partial charge in [0.25, 0.3) is 0 Å². The summed E-state index contributed by atoms with van der Waals surface area (Å²) >= 11 is 0. The molecular formula is C8H16N2O4. The lowest BCUT2D eigenvalue weighted by atomic mass is 10.2. The van der Waals surface area contributed by atoms with E-state index >= 15 is 0 Å². The van der Waals surface area contributed by atoms with Crippen LogP contribution < -0.4 is 5.73 Å². The number of nitrogens with zero attached hydrogens (tertiary/aromatic N) is 1. The predicted octanol–water partition coefficient (Wildman–Crippen LogP) is -1.91. The molecule has 14 heavy (non-hydrogen) atoms. The van der Waals surface area contributed by atoms with Crippen LogP contribution in [-0.2, 0) is 9.53 Å². The monoisotopic (exact) mass is 204 g/mol. The zero-order valence-corrected chi connectivity index (χ0v) is 7.93. The molecule has 4 N–H and O–H groups in total. The number of rotatable bonds is 4. The number of morpholine rings is 1. The molecule has 1 rings (SSSR count). The lowest BCUT2D eigenvalue weighted by Gasteiger charge is -2.32. The van der Waals surface area contributed by atoms with Crippen LogP contribution in [-0.4, -0.2) is 66.1 Å². The number of hydrogen-bond donors (Lipinski definition) is 3. The molecule has 1 saturated heterocycles. The lowest BCUT2D eigenvalue weighted by molar-refractivity contribution is -0.139. The van der Waals surface area contributed by atoms with Crippen molar-refractivity contribution in [2.75, 3.05) is 32.8 Å². The molecular weight excluding hydrogens is 188 g/mol. The molecule has 82 valence electrons. The molecule has 2 atom stereocenters. The number of nitrogens with two attached hydrogens (primary N) is 1. The van der Waals surface area contributed by atoms with Crippen LogP contribution in [0.15, 0.2) is 0 Å². The summed E-state index contributed by atoms with van der Waals surface area (Å²) in [7, 11) is 0. The third kappa shape index (κ3) is 3.22. The number of aliphatic carboxylic acids is 1. The Balaban J connectivity index is 2.33. The van der Waals surface area contributed by atoms with Gasteiger partial charge in [-0.3, -0.25) is 9.69 Å². The molecule has 0 aliphatic carbocycles. The Hall–Kier alpha value is -0.690. The minimum absolute atomic E-state index is 0.0428. The van der Waals surface area contributed by atoms with E-state index in [1.165, 1.54) is 0 Å². The summed E-state index contributed by atoms with van der Waals surface area (Å²) in [5.41, 5.74) is 5.39. The highest BCUT2D eigenvalue weighted by Gasteiger charge is 2.23. The quantitative estimate of drug-likeness (QED) is 0.494. The predicted molar refractivity (Wildman–Crippen MR) is 48.9 cm³/mol. The highest BCUT2D eigenvalue weighted by molar-refractivity contribution is 5.73. The molecule has 0 aromatic carbocycles. The minimum Gasteiger partial charge on any atom is -0.480 e. The van der Waals surface area contributed by atoms with Gasteiger partial charge in [0.2, 0.25) is 0 Å². The van der Waals surface area contributed by atoms with Gasteiger partial charge in [-0.2, -0.15) is 0 Å². The van der Waals surface area contributed by atoms with Crippen LogP contribution >= 0.6 is 0 Å². The van der Waals surface area contributed by atoms with Crippen LogP contribution in [0.25, 0.3) is 0 Å².